The minimum absolute atomic E-state index is 0.847. The van der Waals surface area contributed by atoms with Gasteiger partial charge < -0.3 is 4.90 Å². The molecule has 27 heavy (non-hydrogen) atoms. The molecule has 0 N–H and O–H groups in total. The lowest BCUT2D eigenvalue weighted by Gasteiger charge is -2.32. The van der Waals surface area contributed by atoms with E-state index in [1.54, 1.807) is 0 Å². The molecule has 2 nitrogen and oxygen atoms in total. The molecule has 0 unspecified atom stereocenters. The van der Waals surface area contributed by atoms with Gasteiger partial charge in [-0.2, -0.15) is 0 Å². The average Bonchev–Trinajstić information content (AvgIpc) is 2.79. The van der Waals surface area contributed by atoms with Crippen LogP contribution >= 0.6 is 0 Å². The molecule has 2 heteroatoms. The van der Waals surface area contributed by atoms with E-state index in [-0.39, 0.29) is 0 Å². The van der Waals surface area contributed by atoms with Gasteiger partial charge in [-0.1, -0.05) is 88.2 Å². The summed E-state index contributed by atoms with van der Waals surface area (Å²) in [6, 6.07) is 0.847. The summed E-state index contributed by atoms with van der Waals surface area (Å²) in [6.45, 7) is 4.88. The molecular weight excluding hydrogens is 328 g/mol. The van der Waals surface area contributed by atoms with Crippen LogP contribution in [0, 0.1) is 0 Å². The van der Waals surface area contributed by atoms with Crippen LogP contribution in [0.4, 0.5) is 0 Å². The number of hydrogen-bond acceptors (Lipinski definition) is 2. The minimum Gasteiger partial charge on any atom is -0.370 e. The second-order valence-corrected chi connectivity index (χ2v) is 8.51. The molecule has 0 bridgehead atoms. The zero-order valence-electron chi connectivity index (χ0n) is 17.3. The van der Waals surface area contributed by atoms with Crippen LogP contribution in [0.5, 0.6) is 0 Å². The van der Waals surface area contributed by atoms with Crippen LogP contribution in [-0.2, 0) is 0 Å². The fraction of sp³-hybridized carbons (Fsp3) is 0.680. The molecule has 0 amide bonds. The van der Waals surface area contributed by atoms with Crippen LogP contribution in [-0.4, -0.2) is 42.0 Å². The maximum atomic E-state index is 2.80. The first kappa shape index (κ1) is 20.5. The van der Waals surface area contributed by atoms with Crippen molar-refractivity contribution in [1.29, 1.82) is 0 Å². The van der Waals surface area contributed by atoms with Crippen LogP contribution in [0.25, 0.3) is 0 Å². The van der Waals surface area contributed by atoms with E-state index in [1.165, 1.54) is 109 Å². The van der Waals surface area contributed by atoms with Crippen molar-refractivity contribution in [2.45, 2.75) is 83.1 Å². The number of rotatable bonds is 2. The number of allylic oxidation sites excluding steroid dienone is 7. The average molecular weight is 369 g/mol. The van der Waals surface area contributed by atoms with Gasteiger partial charge in [0.15, 0.2) is 0 Å². The quantitative estimate of drug-likeness (QED) is 0.570. The van der Waals surface area contributed by atoms with E-state index in [1.807, 2.05) is 0 Å². The molecule has 1 heterocycles. The lowest BCUT2D eigenvalue weighted by Crippen LogP contribution is -2.38. The van der Waals surface area contributed by atoms with Gasteiger partial charge >= 0.3 is 0 Å². The number of nitrogens with zero attached hydrogens (tertiary/aromatic N) is 2. The Morgan fingerprint density at radius 3 is 1.93 bits per heavy atom. The SMILES string of the molecule is C1=C\C=C/C(N2CCCN(C3CCCCCCC3)CC2)=C\C=C/1.C1CCC1. The summed E-state index contributed by atoms with van der Waals surface area (Å²) in [4.78, 5) is 5.37. The summed E-state index contributed by atoms with van der Waals surface area (Å²) in [6.07, 6.45) is 32.5. The highest BCUT2D eigenvalue weighted by Crippen LogP contribution is 2.23. The Morgan fingerprint density at radius 2 is 1.19 bits per heavy atom. The molecule has 2 saturated carbocycles. The topological polar surface area (TPSA) is 6.48 Å². The predicted octanol–water partition coefficient (Wildman–Crippen LogP) is 6.23. The van der Waals surface area contributed by atoms with Crippen LogP contribution in [0.2, 0.25) is 0 Å². The molecule has 0 aromatic rings. The molecule has 4 rings (SSSR count). The van der Waals surface area contributed by atoms with Gasteiger partial charge in [0.1, 0.15) is 0 Å². The van der Waals surface area contributed by atoms with Gasteiger partial charge in [-0.05, 0) is 31.4 Å². The Balaban J connectivity index is 0.000000466. The van der Waals surface area contributed by atoms with Gasteiger partial charge in [-0.15, -0.1) is 0 Å². The van der Waals surface area contributed by atoms with Gasteiger partial charge in [0.25, 0.3) is 0 Å². The molecule has 1 saturated heterocycles. The van der Waals surface area contributed by atoms with Crippen molar-refractivity contribution in [1.82, 2.24) is 9.80 Å². The fourth-order valence-corrected chi connectivity index (χ4v) is 4.38. The van der Waals surface area contributed by atoms with Gasteiger partial charge in [0.2, 0.25) is 0 Å². The van der Waals surface area contributed by atoms with E-state index in [0.29, 0.717) is 0 Å². The Hall–Kier alpha value is -1.28. The molecule has 150 valence electrons. The molecule has 0 aromatic carbocycles. The fourth-order valence-electron chi connectivity index (χ4n) is 4.38. The smallest absolute Gasteiger partial charge is 0.0366 e. The first-order chi connectivity index (χ1) is 13.4. The van der Waals surface area contributed by atoms with Crippen molar-refractivity contribution < 1.29 is 0 Å². The third kappa shape index (κ3) is 7.33. The van der Waals surface area contributed by atoms with Crippen molar-refractivity contribution in [3.05, 3.63) is 48.2 Å². The summed E-state index contributed by atoms with van der Waals surface area (Å²) in [5.41, 5.74) is 1.37. The first-order valence-corrected chi connectivity index (χ1v) is 11.6. The lowest BCUT2D eigenvalue weighted by molar-refractivity contribution is 0.172. The van der Waals surface area contributed by atoms with E-state index >= 15 is 0 Å². The highest BCUT2D eigenvalue weighted by molar-refractivity contribution is 5.30. The van der Waals surface area contributed by atoms with Crippen molar-refractivity contribution >= 4 is 0 Å². The monoisotopic (exact) mass is 368 g/mol. The van der Waals surface area contributed by atoms with Crippen LogP contribution in [0.15, 0.2) is 48.2 Å². The molecular formula is C25H40N2. The molecule has 4 aliphatic rings. The summed E-state index contributed by atoms with van der Waals surface area (Å²) < 4.78 is 0. The predicted molar refractivity (Wildman–Crippen MR) is 118 cm³/mol. The Kier molecular flexibility index (Phi) is 9.27. The standard InChI is InChI=1S/C21H32N2.C4H8/c1-3-7-12-20(13-8-4-1)22-16-11-17-23(19-18-22)21-14-9-5-2-6-10-15-21;1-2-4-3-1/h1,3-4,7-8,12-13,21H,2,5-6,9-11,14-19H2;1-4H2/b3-1-,4-1?,7-3?,8-4-,12-7-,13-8?,20-12?,20-13+;. The zero-order valence-corrected chi connectivity index (χ0v) is 17.3. The maximum absolute atomic E-state index is 2.80. The van der Waals surface area contributed by atoms with E-state index < -0.39 is 0 Å². The molecule has 1 aliphatic heterocycles. The molecule has 0 aromatic heterocycles. The van der Waals surface area contributed by atoms with Crippen molar-refractivity contribution in [2.24, 2.45) is 0 Å². The van der Waals surface area contributed by atoms with Gasteiger partial charge in [-0.25, -0.2) is 0 Å². The molecule has 3 fully saturated rings. The lowest BCUT2D eigenvalue weighted by atomic mass is 9.95. The van der Waals surface area contributed by atoms with Crippen LogP contribution in [0.3, 0.4) is 0 Å². The maximum Gasteiger partial charge on any atom is 0.0366 e. The highest BCUT2D eigenvalue weighted by Gasteiger charge is 2.22. The van der Waals surface area contributed by atoms with Crippen LogP contribution in [0.1, 0.15) is 77.0 Å². The third-order valence-corrected chi connectivity index (χ3v) is 6.47. The minimum atomic E-state index is 0.847. The summed E-state index contributed by atoms with van der Waals surface area (Å²) >= 11 is 0. The van der Waals surface area contributed by atoms with Crippen LogP contribution < -0.4 is 0 Å². The van der Waals surface area contributed by atoms with E-state index in [0.717, 1.165) is 6.04 Å². The van der Waals surface area contributed by atoms with Crippen molar-refractivity contribution in [2.75, 3.05) is 26.2 Å². The van der Waals surface area contributed by atoms with Crippen molar-refractivity contribution in [3.63, 3.8) is 0 Å². The van der Waals surface area contributed by atoms with Crippen molar-refractivity contribution in [3.8, 4) is 0 Å². The number of hydrogen-bond donors (Lipinski definition) is 0. The molecule has 0 atom stereocenters. The normalized spacial score (nSPS) is 30.5. The zero-order chi connectivity index (χ0) is 18.6. The second kappa shape index (κ2) is 12.2. The second-order valence-electron chi connectivity index (χ2n) is 8.51. The summed E-state index contributed by atoms with van der Waals surface area (Å²) in [5, 5.41) is 0. The molecule has 0 radical (unpaired) electrons. The van der Waals surface area contributed by atoms with E-state index in [9.17, 15) is 0 Å². The first-order valence-electron chi connectivity index (χ1n) is 11.6. The van der Waals surface area contributed by atoms with Gasteiger partial charge in [0.05, 0.1) is 0 Å². The molecule has 0 spiro atoms. The highest BCUT2D eigenvalue weighted by atomic mass is 15.2. The van der Waals surface area contributed by atoms with E-state index in [4.69, 9.17) is 0 Å². The summed E-state index contributed by atoms with van der Waals surface area (Å²) in [5.74, 6) is 0. The largest absolute Gasteiger partial charge is 0.370 e. The summed E-state index contributed by atoms with van der Waals surface area (Å²) in [7, 11) is 0. The van der Waals surface area contributed by atoms with E-state index in [2.05, 4.69) is 52.3 Å². The Morgan fingerprint density at radius 1 is 0.556 bits per heavy atom. The Bertz CT molecular complexity index is 512. The Labute approximate surface area is 167 Å². The van der Waals surface area contributed by atoms with Gasteiger partial charge in [-0.3, -0.25) is 4.90 Å². The third-order valence-electron chi connectivity index (χ3n) is 6.47. The molecule has 3 aliphatic carbocycles. The van der Waals surface area contributed by atoms with Gasteiger partial charge in [0, 0.05) is 37.9 Å².